The van der Waals surface area contributed by atoms with Gasteiger partial charge in [0, 0.05) is 0 Å². The smallest absolute Gasteiger partial charge is 0.259 e. The van der Waals surface area contributed by atoms with Crippen LogP contribution in [0.3, 0.4) is 0 Å². The molecule has 0 aliphatic carbocycles. The molecule has 1 aliphatic rings. The van der Waals surface area contributed by atoms with Crippen LogP contribution in [0.4, 0.5) is 15.8 Å². The van der Waals surface area contributed by atoms with E-state index in [2.05, 4.69) is 5.32 Å². The van der Waals surface area contributed by atoms with Crippen LogP contribution in [0.2, 0.25) is 0 Å². The summed E-state index contributed by atoms with van der Waals surface area (Å²) in [6.45, 7) is 0.832. The molecule has 1 heterocycles. The highest BCUT2D eigenvalue weighted by molar-refractivity contribution is 6.08. The van der Waals surface area contributed by atoms with Gasteiger partial charge in [0.15, 0.2) is 11.5 Å². The summed E-state index contributed by atoms with van der Waals surface area (Å²) < 4.78 is 23.9. The lowest BCUT2D eigenvalue weighted by atomic mass is 10.1. The van der Waals surface area contributed by atoms with Crippen molar-refractivity contribution in [2.24, 2.45) is 0 Å². The first-order chi connectivity index (χ1) is 10.1. The van der Waals surface area contributed by atoms with Gasteiger partial charge in [0.05, 0.1) is 16.9 Å². The first kappa shape index (κ1) is 13.2. The number of rotatable bonds is 2. The van der Waals surface area contributed by atoms with E-state index in [0.717, 1.165) is 6.07 Å². The lowest BCUT2D eigenvalue weighted by molar-refractivity contribution is 0.101. The van der Waals surface area contributed by atoms with Gasteiger partial charge in [0.2, 0.25) is 0 Å². The van der Waals surface area contributed by atoms with Crippen molar-refractivity contribution in [2.75, 3.05) is 24.3 Å². The average Bonchev–Trinajstić information content (AvgIpc) is 2.49. The number of amides is 1. The number of hydrogen-bond donors (Lipinski definition) is 2. The maximum atomic E-state index is 13.0. The molecule has 108 valence electrons. The Bertz CT molecular complexity index is 703. The monoisotopic (exact) mass is 288 g/mol. The summed E-state index contributed by atoms with van der Waals surface area (Å²) in [4.78, 5) is 12.3. The Balaban J connectivity index is 1.89. The number of anilines is 2. The molecule has 21 heavy (non-hydrogen) atoms. The number of nitrogens with one attached hydrogen (secondary N) is 1. The van der Waals surface area contributed by atoms with E-state index >= 15 is 0 Å². The normalized spacial score (nSPS) is 12.8. The summed E-state index contributed by atoms with van der Waals surface area (Å²) in [7, 11) is 0. The zero-order valence-corrected chi connectivity index (χ0v) is 11.1. The Kier molecular flexibility index (Phi) is 3.35. The van der Waals surface area contributed by atoms with Crippen molar-refractivity contribution < 1.29 is 18.7 Å². The summed E-state index contributed by atoms with van der Waals surface area (Å²) >= 11 is 0. The highest BCUT2D eigenvalue weighted by Crippen LogP contribution is 2.34. The van der Waals surface area contributed by atoms with Crippen LogP contribution in [-0.2, 0) is 0 Å². The molecular formula is C15H13FN2O3. The number of hydrogen-bond acceptors (Lipinski definition) is 4. The number of carbonyl (C=O) groups excluding carboxylic acids is 1. The lowest BCUT2D eigenvalue weighted by Gasteiger charge is -2.20. The van der Waals surface area contributed by atoms with Gasteiger partial charge in [-0.3, -0.25) is 4.79 Å². The summed E-state index contributed by atoms with van der Waals surface area (Å²) in [6.07, 6.45) is 0. The largest absolute Gasteiger partial charge is 0.486 e. The Morgan fingerprint density at radius 1 is 1.19 bits per heavy atom. The summed E-state index contributed by atoms with van der Waals surface area (Å²) in [5, 5.41) is 2.64. The molecule has 0 radical (unpaired) electrons. The average molecular weight is 288 g/mol. The van der Waals surface area contributed by atoms with Gasteiger partial charge in [-0.1, -0.05) is 6.07 Å². The van der Waals surface area contributed by atoms with Crippen LogP contribution in [0, 0.1) is 5.82 Å². The Morgan fingerprint density at radius 2 is 2.00 bits per heavy atom. The predicted octanol–water partition coefficient (Wildman–Crippen LogP) is 2.43. The molecule has 5 nitrogen and oxygen atoms in total. The fourth-order valence-corrected chi connectivity index (χ4v) is 2.09. The molecule has 2 aromatic rings. The van der Waals surface area contributed by atoms with Crippen molar-refractivity contribution in [1.82, 2.24) is 0 Å². The number of benzene rings is 2. The molecule has 0 unspecified atom stereocenters. The Morgan fingerprint density at radius 3 is 2.81 bits per heavy atom. The van der Waals surface area contributed by atoms with E-state index in [-0.39, 0.29) is 5.69 Å². The van der Waals surface area contributed by atoms with Crippen LogP contribution in [0.1, 0.15) is 10.4 Å². The van der Waals surface area contributed by atoms with E-state index < -0.39 is 11.7 Å². The van der Waals surface area contributed by atoms with Gasteiger partial charge in [-0.15, -0.1) is 0 Å². The minimum Gasteiger partial charge on any atom is -0.486 e. The summed E-state index contributed by atoms with van der Waals surface area (Å²) in [6, 6.07) is 8.85. The first-order valence-electron chi connectivity index (χ1n) is 6.40. The molecule has 0 atom stereocenters. The van der Waals surface area contributed by atoms with E-state index in [1.165, 1.54) is 12.1 Å². The minimum atomic E-state index is -0.459. The molecule has 2 aromatic carbocycles. The molecule has 0 aromatic heterocycles. The quantitative estimate of drug-likeness (QED) is 0.832. The Labute approximate surface area is 120 Å². The number of nitrogens with two attached hydrogens (primary N) is 1. The molecule has 3 N–H and O–H groups in total. The molecule has 0 bridgehead atoms. The lowest BCUT2D eigenvalue weighted by Crippen LogP contribution is -2.20. The third-order valence-corrected chi connectivity index (χ3v) is 3.07. The van der Waals surface area contributed by atoms with E-state index in [1.54, 1.807) is 18.2 Å². The number of halogens is 1. The summed E-state index contributed by atoms with van der Waals surface area (Å²) in [5.74, 6) is 0.0814. The van der Waals surface area contributed by atoms with Crippen LogP contribution in [-0.4, -0.2) is 19.1 Å². The van der Waals surface area contributed by atoms with E-state index in [0.29, 0.717) is 36.0 Å². The second-order valence-corrected chi connectivity index (χ2v) is 4.52. The minimum absolute atomic E-state index is 0.158. The highest BCUT2D eigenvalue weighted by atomic mass is 19.1. The number of para-hydroxylation sites is 1. The highest BCUT2D eigenvalue weighted by Gasteiger charge is 2.20. The molecule has 1 amide bonds. The third kappa shape index (κ3) is 2.60. The Hall–Kier alpha value is -2.76. The standard InChI is InChI=1S/C15H13FN2O3/c16-9-4-5-12(11(17)8-9)18-15(19)10-2-1-3-13-14(10)21-7-6-20-13/h1-5,8H,6-7,17H2,(H,18,19). The second-order valence-electron chi connectivity index (χ2n) is 4.52. The van der Waals surface area contributed by atoms with Gasteiger partial charge in [-0.2, -0.15) is 0 Å². The van der Waals surface area contributed by atoms with Crippen molar-refractivity contribution in [3.05, 3.63) is 47.8 Å². The van der Waals surface area contributed by atoms with Gasteiger partial charge in [0.1, 0.15) is 19.0 Å². The zero-order valence-electron chi connectivity index (χ0n) is 11.1. The van der Waals surface area contributed by atoms with Crippen molar-refractivity contribution in [3.63, 3.8) is 0 Å². The number of ether oxygens (including phenoxy) is 2. The SMILES string of the molecule is Nc1cc(F)ccc1NC(=O)c1cccc2c1OCCO2. The zero-order chi connectivity index (χ0) is 14.8. The topological polar surface area (TPSA) is 73.6 Å². The maximum Gasteiger partial charge on any atom is 0.259 e. The predicted molar refractivity (Wildman–Crippen MR) is 76.2 cm³/mol. The summed E-state index contributed by atoms with van der Waals surface area (Å²) in [5.41, 5.74) is 6.52. The van der Waals surface area contributed by atoms with Gasteiger partial charge >= 0.3 is 0 Å². The van der Waals surface area contributed by atoms with Crippen molar-refractivity contribution in [3.8, 4) is 11.5 Å². The fraction of sp³-hybridized carbons (Fsp3) is 0.133. The van der Waals surface area contributed by atoms with Crippen LogP contribution < -0.4 is 20.5 Å². The molecular weight excluding hydrogens is 275 g/mol. The van der Waals surface area contributed by atoms with Crippen LogP contribution in [0.5, 0.6) is 11.5 Å². The van der Waals surface area contributed by atoms with Crippen molar-refractivity contribution in [1.29, 1.82) is 0 Å². The molecule has 0 saturated heterocycles. The molecule has 3 rings (SSSR count). The number of nitrogen functional groups attached to an aromatic ring is 1. The molecule has 1 aliphatic heterocycles. The maximum absolute atomic E-state index is 13.0. The first-order valence-corrected chi connectivity index (χ1v) is 6.40. The van der Waals surface area contributed by atoms with E-state index in [9.17, 15) is 9.18 Å². The van der Waals surface area contributed by atoms with E-state index in [1.807, 2.05) is 0 Å². The third-order valence-electron chi connectivity index (χ3n) is 3.07. The number of carbonyl (C=O) groups is 1. The number of fused-ring (bicyclic) bond motifs is 1. The van der Waals surface area contributed by atoms with Crippen LogP contribution >= 0.6 is 0 Å². The molecule has 0 fully saturated rings. The van der Waals surface area contributed by atoms with Gasteiger partial charge in [-0.25, -0.2) is 4.39 Å². The van der Waals surface area contributed by atoms with Gasteiger partial charge in [-0.05, 0) is 30.3 Å². The fourth-order valence-electron chi connectivity index (χ4n) is 2.09. The van der Waals surface area contributed by atoms with Crippen LogP contribution in [0.25, 0.3) is 0 Å². The van der Waals surface area contributed by atoms with Gasteiger partial charge < -0.3 is 20.5 Å². The van der Waals surface area contributed by atoms with Crippen molar-refractivity contribution >= 4 is 17.3 Å². The van der Waals surface area contributed by atoms with Crippen LogP contribution in [0.15, 0.2) is 36.4 Å². The second kappa shape index (κ2) is 5.32. The molecule has 0 spiro atoms. The van der Waals surface area contributed by atoms with E-state index in [4.69, 9.17) is 15.2 Å². The van der Waals surface area contributed by atoms with Gasteiger partial charge in [0.25, 0.3) is 5.91 Å². The van der Waals surface area contributed by atoms with Crippen molar-refractivity contribution in [2.45, 2.75) is 0 Å². The molecule has 0 saturated carbocycles. The molecule has 6 heteroatoms.